The lowest BCUT2D eigenvalue weighted by Crippen LogP contribution is -2.27. The van der Waals surface area contributed by atoms with Crippen molar-refractivity contribution in [2.75, 3.05) is 18.4 Å². The summed E-state index contributed by atoms with van der Waals surface area (Å²) >= 11 is 1.31. The van der Waals surface area contributed by atoms with Crippen LogP contribution in [0.5, 0.6) is 0 Å². The number of nitrogens with one attached hydrogen (secondary N) is 1. The van der Waals surface area contributed by atoms with Gasteiger partial charge in [-0.25, -0.2) is 13.1 Å². The average Bonchev–Trinajstić information content (AvgIpc) is 3.17. The third-order valence-corrected chi connectivity index (χ3v) is 7.79. The highest BCUT2D eigenvalue weighted by atomic mass is 32.2. The summed E-state index contributed by atoms with van der Waals surface area (Å²) in [6.45, 7) is 2.92. The van der Waals surface area contributed by atoms with Crippen LogP contribution in [0.3, 0.4) is 0 Å². The number of hydrogen-bond acceptors (Lipinski definition) is 7. The number of aromatic nitrogens is 4. The van der Waals surface area contributed by atoms with E-state index in [1.165, 1.54) is 28.2 Å². The number of amides is 1. The van der Waals surface area contributed by atoms with Crippen LogP contribution in [0.4, 0.5) is 5.69 Å². The molecule has 2 aliphatic rings. The minimum absolute atomic E-state index is 0.189. The quantitative estimate of drug-likeness (QED) is 0.679. The summed E-state index contributed by atoms with van der Waals surface area (Å²) in [5, 5.41) is 14.7. The highest BCUT2D eigenvalue weighted by Gasteiger charge is 2.30. The van der Waals surface area contributed by atoms with Gasteiger partial charge in [0.05, 0.1) is 16.2 Å². The van der Waals surface area contributed by atoms with E-state index in [2.05, 4.69) is 20.8 Å². The predicted octanol–water partition coefficient (Wildman–Crippen LogP) is 1.91. The maximum absolute atomic E-state index is 12.6. The first-order chi connectivity index (χ1) is 13.4. The molecule has 1 aliphatic carbocycles. The fraction of sp³-hybridized carbons (Fsp3) is 0.529. The van der Waals surface area contributed by atoms with E-state index in [1.54, 1.807) is 23.7 Å². The lowest BCUT2D eigenvalue weighted by Gasteiger charge is -2.16. The monoisotopic (exact) mass is 422 g/mol. The SMILES string of the molecule is CC(Sc1nnnn1C1CC1)C(=O)Nc1ccc(S(=O)(=O)N2CCCC2)cc1. The Bertz CT molecular complexity index is 950. The van der Waals surface area contributed by atoms with Crippen LogP contribution in [0.15, 0.2) is 34.3 Å². The fourth-order valence-electron chi connectivity index (χ4n) is 3.05. The van der Waals surface area contributed by atoms with E-state index in [1.807, 2.05) is 0 Å². The van der Waals surface area contributed by atoms with Gasteiger partial charge in [-0.2, -0.15) is 4.31 Å². The third kappa shape index (κ3) is 4.06. The number of nitrogens with zero attached hydrogens (tertiary/aromatic N) is 5. The fourth-order valence-corrected chi connectivity index (χ4v) is 5.43. The molecule has 1 aromatic carbocycles. The highest BCUT2D eigenvalue weighted by Crippen LogP contribution is 2.37. The average molecular weight is 423 g/mol. The van der Waals surface area contributed by atoms with Crippen molar-refractivity contribution in [2.24, 2.45) is 0 Å². The number of carbonyl (C=O) groups is 1. The van der Waals surface area contributed by atoms with E-state index in [0.29, 0.717) is 30.0 Å². The van der Waals surface area contributed by atoms with Crippen molar-refractivity contribution in [3.63, 3.8) is 0 Å². The largest absolute Gasteiger partial charge is 0.325 e. The molecule has 1 aromatic heterocycles. The van der Waals surface area contributed by atoms with Gasteiger partial charge in [0.1, 0.15) is 0 Å². The Morgan fingerprint density at radius 2 is 1.89 bits per heavy atom. The zero-order chi connectivity index (χ0) is 19.7. The van der Waals surface area contributed by atoms with Crippen LogP contribution in [0.2, 0.25) is 0 Å². The van der Waals surface area contributed by atoms with Crippen molar-refractivity contribution in [1.82, 2.24) is 24.5 Å². The van der Waals surface area contributed by atoms with Gasteiger partial charge in [0.2, 0.25) is 21.1 Å². The van der Waals surface area contributed by atoms with Crippen molar-refractivity contribution < 1.29 is 13.2 Å². The maximum Gasteiger partial charge on any atom is 0.243 e. The standard InChI is InChI=1S/C17H22N6O3S2/c1-12(27-17-19-20-21-23(17)14-6-7-14)16(24)18-13-4-8-15(9-5-13)28(25,26)22-10-2-3-11-22/h4-5,8-9,12,14H,2-3,6-7,10-11H2,1H3,(H,18,24). The summed E-state index contributed by atoms with van der Waals surface area (Å²) in [7, 11) is -3.45. The molecule has 150 valence electrons. The number of hydrogen-bond donors (Lipinski definition) is 1. The molecule has 1 unspecified atom stereocenters. The Labute approximate surface area is 167 Å². The molecule has 2 aromatic rings. The first kappa shape index (κ1) is 19.3. The van der Waals surface area contributed by atoms with Gasteiger partial charge >= 0.3 is 0 Å². The number of tetrazole rings is 1. The molecule has 1 amide bonds. The number of carbonyl (C=O) groups excluding carboxylic acids is 1. The molecule has 2 heterocycles. The number of thioether (sulfide) groups is 1. The van der Waals surface area contributed by atoms with Crippen LogP contribution in [-0.4, -0.2) is 57.2 Å². The zero-order valence-electron chi connectivity index (χ0n) is 15.5. The summed E-state index contributed by atoms with van der Waals surface area (Å²) in [5.74, 6) is -0.189. The molecule has 0 spiro atoms. The lowest BCUT2D eigenvalue weighted by atomic mass is 10.3. The molecule has 1 N–H and O–H groups in total. The lowest BCUT2D eigenvalue weighted by molar-refractivity contribution is -0.115. The Morgan fingerprint density at radius 1 is 1.21 bits per heavy atom. The van der Waals surface area contributed by atoms with Gasteiger partial charge in [0, 0.05) is 18.8 Å². The molecule has 0 bridgehead atoms. The van der Waals surface area contributed by atoms with Gasteiger partial charge in [-0.05, 0) is 67.3 Å². The van der Waals surface area contributed by atoms with E-state index < -0.39 is 15.3 Å². The number of benzene rings is 1. The highest BCUT2D eigenvalue weighted by molar-refractivity contribution is 8.00. The molecule has 11 heteroatoms. The predicted molar refractivity (Wildman–Crippen MR) is 104 cm³/mol. The molecule has 1 saturated heterocycles. The molecule has 28 heavy (non-hydrogen) atoms. The number of sulfonamides is 1. The molecule has 1 atom stereocenters. The topological polar surface area (TPSA) is 110 Å². The second-order valence-electron chi connectivity index (χ2n) is 7.02. The van der Waals surface area contributed by atoms with Crippen molar-refractivity contribution in [2.45, 2.75) is 54.0 Å². The summed E-state index contributed by atoms with van der Waals surface area (Å²) in [5.41, 5.74) is 0.555. The van der Waals surface area contributed by atoms with Gasteiger partial charge in [0.25, 0.3) is 0 Å². The molecule has 4 rings (SSSR count). The van der Waals surface area contributed by atoms with E-state index in [-0.39, 0.29) is 10.8 Å². The van der Waals surface area contributed by atoms with E-state index in [9.17, 15) is 13.2 Å². The van der Waals surface area contributed by atoms with Gasteiger partial charge in [0.15, 0.2) is 0 Å². The van der Waals surface area contributed by atoms with Gasteiger partial charge in [-0.1, -0.05) is 11.8 Å². The second kappa shape index (κ2) is 7.80. The minimum Gasteiger partial charge on any atom is -0.325 e. The van der Waals surface area contributed by atoms with Crippen LogP contribution in [-0.2, 0) is 14.8 Å². The molecule has 1 aliphatic heterocycles. The van der Waals surface area contributed by atoms with E-state index in [0.717, 1.165) is 25.7 Å². The molecule has 1 saturated carbocycles. The van der Waals surface area contributed by atoms with Crippen molar-refractivity contribution in [3.05, 3.63) is 24.3 Å². The molecular weight excluding hydrogens is 400 g/mol. The Kier molecular flexibility index (Phi) is 5.39. The molecule has 0 radical (unpaired) electrons. The van der Waals surface area contributed by atoms with Crippen LogP contribution in [0.25, 0.3) is 0 Å². The Morgan fingerprint density at radius 3 is 2.54 bits per heavy atom. The summed E-state index contributed by atoms with van der Waals surface area (Å²) in [4.78, 5) is 12.7. The van der Waals surface area contributed by atoms with Crippen LogP contribution in [0, 0.1) is 0 Å². The van der Waals surface area contributed by atoms with E-state index >= 15 is 0 Å². The van der Waals surface area contributed by atoms with Gasteiger partial charge < -0.3 is 5.32 Å². The van der Waals surface area contributed by atoms with E-state index in [4.69, 9.17) is 0 Å². The van der Waals surface area contributed by atoms with Crippen LogP contribution < -0.4 is 5.32 Å². The Hall–Kier alpha value is -1.98. The van der Waals surface area contributed by atoms with Crippen LogP contribution in [0.1, 0.15) is 38.6 Å². The maximum atomic E-state index is 12.6. The molecular formula is C17H22N6O3S2. The van der Waals surface area contributed by atoms with Crippen LogP contribution >= 0.6 is 11.8 Å². The van der Waals surface area contributed by atoms with Crippen molar-refractivity contribution in [3.8, 4) is 0 Å². The summed E-state index contributed by atoms with van der Waals surface area (Å²) in [6, 6.07) is 6.65. The first-order valence-corrected chi connectivity index (χ1v) is 11.6. The normalized spacial score (nSPS) is 18.9. The number of rotatable bonds is 7. The van der Waals surface area contributed by atoms with Gasteiger partial charge in [-0.15, -0.1) is 5.10 Å². The zero-order valence-corrected chi connectivity index (χ0v) is 17.1. The smallest absolute Gasteiger partial charge is 0.243 e. The van der Waals surface area contributed by atoms with Crippen molar-refractivity contribution in [1.29, 1.82) is 0 Å². The number of anilines is 1. The summed E-state index contributed by atoms with van der Waals surface area (Å²) in [6.07, 6.45) is 3.91. The molecule has 2 fully saturated rings. The van der Waals surface area contributed by atoms with Gasteiger partial charge in [-0.3, -0.25) is 4.79 Å². The molecule has 9 nitrogen and oxygen atoms in total. The minimum atomic E-state index is -3.45. The summed E-state index contributed by atoms with van der Waals surface area (Å²) < 4.78 is 28.4. The van der Waals surface area contributed by atoms with Crippen molar-refractivity contribution >= 4 is 33.4 Å². The third-order valence-electron chi connectivity index (χ3n) is 4.83. The second-order valence-corrected chi connectivity index (χ2v) is 10.3. The Balaban J connectivity index is 1.38. The first-order valence-electron chi connectivity index (χ1n) is 9.31.